The largest absolute Gasteiger partial charge is 0.469 e. The molecule has 120 valence electrons. The molecule has 0 aromatic carbocycles. The lowest BCUT2D eigenvalue weighted by Crippen LogP contribution is -2.30. The SMILES string of the molecule is O=C(Nc1ccnc(N2CCCCC2)c1)[C@@H]1C[C@H]1c1ccco1. The van der Waals surface area contributed by atoms with Crippen molar-refractivity contribution in [3.05, 3.63) is 42.5 Å². The number of nitrogens with one attached hydrogen (secondary N) is 1. The van der Waals surface area contributed by atoms with Gasteiger partial charge in [0.15, 0.2) is 0 Å². The van der Waals surface area contributed by atoms with E-state index >= 15 is 0 Å². The van der Waals surface area contributed by atoms with Gasteiger partial charge < -0.3 is 14.6 Å². The number of aromatic nitrogens is 1. The first kappa shape index (κ1) is 14.3. The minimum atomic E-state index is 0.0211. The van der Waals surface area contributed by atoms with E-state index in [0.717, 1.165) is 36.8 Å². The maximum atomic E-state index is 12.4. The number of hydrogen-bond acceptors (Lipinski definition) is 4. The molecule has 2 aromatic rings. The third-order valence-electron chi connectivity index (χ3n) is 4.73. The van der Waals surface area contributed by atoms with Gasteiger partial charge in [0, 0.05) is 42.9 Å². The van der Waals surface area contributed by atoms with Crippen LogP contribution in [0.3, 0.4) is 0 Å². The summed E-state index contributed by atoms with van der Waals surface area (Å²) in [4.78, 5) is 19.1. The third-order valence-corrected chi connectivity index (χ3v) is 4.73. The first-order valence-corrected chi connectivity index (χ1v) is 8.36. The van der Waals surface area contributed by atoms with E-state index in [-0.39, 0.29) is 17.7 Å². The van der Waals surface area contributed by atoms with Gasteiger partial charge in [-0.3, -0.25) is 4.79 Å². The second-order valence-corrected chi connectivity index (χ2v) is 6.40. The molecule has 0 bridgehead atoms. The van der Waals surface area contributed by atoms with Crippen LogP contribution in [0.15, 0.2) is 41.1 Å². The normalized spacial score (nSPS) is 23.6. The van der Waals surface area contributed by atoms with Crippen molar-refractivity contribution in [1.29, 1.82) is 0 Å². The monoisotopic (exact) mass is 311 g/mol. The lowest BCUT2D eigenvalue weighted by atomic mass is 10.1. The summed E-state index contributed by atoms with van der Waals surface area (Å²) < 4.78 is 5.39. The van der Waals surface area contributed by atoms with Gasteiger partial charge in [-0.15, -0.1) is 0 Å². The molecule has 0 spiro atoms. The van der Waals surface area contributed by atoms with Crippen molar-refractivity contribution in [2.24, 2.45) is 5.92 Å². The molecular weight excluding hydrogens is 290 g/mol. The summed E-state index contributed by atoms with van der Waals surface area (Å²) in [6.07, 6.45) is 8.02. The van der Waals surface area contributed by atoms with Crippen molar-refractivity contribution in [1.82, 2.24) is 4.98 Å². The molecule has 1 saturated carbocycles. The smallest absolute Gasteiger partial charge is 0.228 e. The van der Waals surface area contributed by atoms with Crippen molar-refractivity contribution in [2.45, 2.75) is 31.6 Å². The fraction of sp³-hybridized carbons (Fsp3) is 0.444. The Hall–Kier alpha value is -2.30. The number of amides is 1. The molecule has 2 atom stereocenters. The molecule has 1 aliphatic carbocycles. The van der Waals surface area contributed by atoms with Gasteiger partial charge in [-0.25, -0.2) is 4.98 Å². The highest BCUT2D eigenvalue weighted by atomic mass is 16.3. The summed E-state index contributed by atoms with van der Waals surface area (Å²) in [5, 5.41) is 3.03. The van der Waals surface area contributed by atoms with Crippen LogP contribution in [-0.2, 0) is 4.79 Å². The van der Waals surface area contributed by atoms with Gasteiger partial charge in [0.2, 0.25) is 5.91 Å². The molecule has 4 rings (SSSR count). The average molecular weight is 311 g/mol. The molecule has 3 heterocycles. The van der Waals surface area contributed by atoms with Crippen LogP contribution in [0.5, 0.6) is 0 Å². The van der Waals surface area contributed by atoms with Crippen LogP contribution in [0.2, 0.25) is 0 Å². The molecule has 23 heavy (non-hydrogen) atoms. The van der Waals surface area contributed by atoms with E-state index in [1.54, 1.807) is 12.5 Å². The Morgan fingerprint density at radius 1 is 1.26 bits per heavy atom. The van der Waals surface area contributed by atoms with Gasteiger partial charge >= 0.3 is 0 Å². The maximum Gasteiger partial charge on any atom is 0.228 e. The summed E-state index contributed by atoms with van der Waals surface area (Å²) in [5.74, 6) is 2.19. The molecule has 1 amide bonds. The van der Waals surface area contributed by atoms with Crippen molar-refractivity contribution in [3.8, 4) is 0 Å². The van der Waals surface area contributed by atoms with Gasteiger partial charge in [0.05, 0.1) is 6.26 Å². The standard InChI is InChI=1S/C18H21N3O2/c22-18(15-12-14(15)16-5-4-10-23-16)20-13-6-7-19-17(11-13)21-8-2-1-3-9-21/h4-7,10-11,14-15H,1-3,8-9,12H2,(H,19,20,22)/t14-,15-/m1/s1. The van der Waals surface area contributed by atoms with Gasteiger partial charge in [-0.2, -0.15) is 0 Å². The molecule has 1 saturated heterocycles. The zero-order valence-corrected chi connectivity index (χ0v) is 13.1. The Morgan fingerprint density at radius 2 is 2.13 bits per heavy atom. The Kier molecular flexibility index (Phi) is 3.77. The molecule has 0 radical (unpaired) electrons. The molecule has 2 aromatic heterocycles. The van der Waals surface area contributed by atoms with Crippen LogP contribution in [0, 0.1) is 5.92 Å². The Morgan fingerprint density at radius 3 is 2.91 bits per heavy atom. The first-order chi connectivity index (χ1) is 11.3. The summed E-state index contributed by atoms with van der Waals surface area (Å²) in [7, 11) is 0. The molecule has 1 N–H and O–H groups in total. The minimum Gasteiger partial charge on any atom is -0.469 e. The number of rotatable bonds is 4. The zero-order valence-electron chi connectivity index (χ0n) is 13.1. The number of carbonyl (C=O) groups excluding carboxylic acids is 1. The summed E-state index contributed by atoms with van der Waals surface area (Å²) in [6, 6.07) is 7.65. The molecule has 0 unspecified atom stereocenters. The van der Waals surface area contributed by atoms with Gasteiger partial charge in [-0.1, -0.05) is 0 Å². The predicted octanol–water partition coefficient (Wildman–Crippen LogP) is 3.41. The van der Waals surface area contributed by atoms with Crippen molar-refractivity contribution in [2.75, 3.05) is 23.3 Å². The quantitative estimate of drug-likeness (QED) is 0.940. The van der Waals surface area contributed by atoms with Crippen molar-refractivity contribution >= 4 is 17.4 Å². The number of piperidine rings is 1. The predicted molar refractivity (Wildman–Crippen MR) is 88.5 cm³/mol. The Bertz CT molecular complexity index is 677. The van der Waals surface area contributed by atoms with Crippen molar-refractivity contribution < 1.29 is 9.21 Å². The van der Waals surface area contributed by atoms with E-state index in [2.05, 4.69) is 15.2 Å². The van der Waals surface area contributed by atoms with E-state index in [0.29, 0.717) is 0 Å². The van der Waals surface area contributed by atoms with Crippen molar-refractivity contribution in [3.63, 3.8) is 0 Å². The number of pyridine rings is 1. The second-order valence-electron chi connectivity index (χ2n) is 6.40. The highest BCUT2D eigenvalue weighted by molar-refractivity contribution is 5.95. The lowest BCUT2D eigenvalue weighted by Gasteiger charge is -2.27. The zero-order chi connectivity index (χ0) is 15.6. The van der Waals surface area contributed by atoms with E-state index in [1.165, 1.54) is 19.3 Å². The fourth-order valence-electron chi connectivity index (χ4n) is 3.33. The highest BCUT2D eigenvalue weighted by Crippen LogP contribution is 2.48. The molecular formula is C18H21N3O2. The number of anilines is 2. The van der Waals surface area contributed by atoms with E-state index < -0.39 is 0 Å². The number of carbonyl (C=O) groups is 1. The van der Waals surface area contributed by atoms with Gasteiger partial charge in [0.25, 0.3) is 0 Å². The minimum absolute atomic E-state index is 0.0211. The topological polar surface area (TPSA) is 58.4 Å². The van der Waals surface area contributed by atoms with Gasteiger partial charge in [0.1, 0.15) is 11.6 Å². The first-order valence-electron chi connectivity index (χ1n) is 8.36. The molecule has 2 aliphatic rings. The van der Waals surface area contributed by atoms with Gasteiger partial charge in [-0.05, 0) is 43.9 Å². The molecule has 5 heteroatoms. The van der Waals surface area contributed by atoms with E-state index in [9.17, 15) is 4.79 Å². The van der Waals surface area contributed by atoms with Crippen LogP contribution in [0.1, 0.15) is 37.4 Å². The van der Waals surface area contributed by atoms with Crippen LogP contribution < -0.4 is 10.2 Å². The van der Waals surface area contributed by atoms with E-state index in [1.807, 2.05) is 24.3 Å². The highest BCUT2D eigenvalue weighted by Gasteiger charge is 2.45. The Balaban J connectivity index is 1.40. The molecule has 1 aliphatic heterocycles. The summed E-state index contributed by atoms with van der Waals surface area (Å²) in [6.45, 7) is 2.10. The summed E-state index contributed by atoms with van der Waals surface area (Å²) in [5.41, 5.74) is 0.829. The third kappa shape index (κ3) is 3.09. The number of furan rings is 1. The van der Waals surface area contributed by atoms with E-state index in [4.69, 9.17) is 4.42 Å². The number of nitrogens with zero attached hydrogens (tertiary/aromatic N) is 2. The van der Waals surface area contributed by atoms with Crippen LogP contribution in [-0.4, -0.2) is 24.0 Å². The van der Waals surface area contributed by atoms with Crippen LogP contribution >= 0.6 is 0 Å². The average Bonchev–Trinajstić information content (AvgIpc) is 3.22. The van der Waals surface area contributed by atoms with Crippen LogP contribution in [0.4, 0.5) is 11.5 Å². The second kappa shape index (κ2) is 6.07. The Labute approximate surface area is 135 Å². The lowest BCUT2D eigenvalue weighted by molar-refractivity contribution is -0.117. The fourth-order valence-corrected chi connectivity index (χ4v) is 3.33. The maximum absolute atomic E-state index is 12.4. The molecule has 2 fully saturated rings. The summed E-state index contributed by atoms with van der Waals surface area (Å²) >= 11 is 0. The molecule has 5 nitrogen and oxygen atoms in total. The van der Waals surface area contributed by atoms with Crippen LogP contribution in [0.25, 0.3) is 0 Å². The number of hydrogen-bond donors (Lipinski definition) is 1.